The number of hydrogen-bond acceptors (Lipinski definition) is 5. The topological polar surface area (TPSA) is 46.2 Å². The van der Waals surface area contributed by atoms with Crippen LogP contribution in [-0.2, 0) is 20.6 Å². The van der Waals surface area contributed by atoms with Crippen LogP contribution in [0.4, 0.5) is 0 Å². The zero-order chi connectivity index (χ0) is 26.6. The maximum absolute atomic E-state index is 7.15. The zero-order valence-electron chi connectivity index (χ0n) is 23.0. The van der Waals surface area contributed by atoms with Gasteiger partial charge >= 0.3 is 42.8 Å². The van der Waals surface area contributed by atoms with Crippen molar-refractivity contribution in [3.63, 3.8) is 0 Å². The van der Waals surface area contributed by atoms with Gasteiger partial charge in [0.2, 0.25) is 0 Å². The molecule has 200 valence electrons. The summed E-state index contributed by atoms with van der Waals surface area (Å²) in [5.74, 6) is 0. The normalized spacial score (nSPS) is 36.1. The zero-order valence-corrected chi connectivity index (χ0v) is 28.0. The molecule has 10 heteroatoms. The first kappa shape index (κ1) is 32.6. The molecule has 5 nitrogen and oxygen atoms in total. The predicted octanol–water partition coefficient (Wildman–Crippen LogP) is 7.97. The molecule has 0 aliphatic carbocycles. The summed E-state index contributed by atoms with van der Waals surface area (Å²) in [5, 5.41) is 0. The van der Waals surface area contributed by atoms with E-state index in [1.54, 1.807) is 0 Å². The van der Waals surface area contributed by atoms with E-state index in [4.69, 9.17) is 20.6 Å². The summed E-state index contributed by atoms with van der Waals surface area (Å²) in [4.78, 5) is 0. The second-order valence-corrected chi connectivity index (χ2v) is 26.1. The Morgan fingerprint density at radius 2 is 0.514 bits per heavy atom. The van der Waals surface area contributed by atoms with E-state index in [2.05, 4.69) is 67.5 Å². The molecule has 0 unspecified atom stereocenters. The SMILES string of the molecule is C=C[Si]1(CCC)O[Si](C=C)(CCC)O[Si](C=C)(CCC)O[Si](C=C)(CCC)O[Si](C=C)(CCC)O1. The van der Waals surface area contributed by atoms with Crippen molar-refractivity contribution < 1.29 is 20.6 Å². The van der Waals surface area contributed by atoms with Crippen molar-refractivity contribution >= 4 is 42.8 Å². The summed E-state index contributed by atoms with van der Waals surface area (Å²) in [6.07, 6.45) is 4.55. The predicted molar refractivity (Wildman–Crippen MR) is 161 cm³/mol. The van der Waals surface area contributed by atoms with E-state index in [1.807, 2.05) is 28.5 Å². The lowest BCUT2D eigenvalue weighted by Crippen LogP contribution is -2.68. The first-order chi connectivity index (χ1) is 16.6. The van der Waals surface area contributed by atoms with Crippen molar-refractivity contribution in [3.8, 4) is 0 Å². The third kappa shape index (κ3) is 8.03. The van der Waals surface area contributed by atoms with E-state index >= 15 is 0 Å². The Morgan fingerprint density at radius 3 is 0.600 bits per heavy atom. The summed E-state index contributed by atoms with van der Waals surface area (Å²) in [6.45, 7) is 31.9. The Morgan fingerprint density at radius 1 is 0.371 bits per heavy atom. The fraction of sp³-hybridized carbons (Fsp3) is 0.600. The van der Waals surface area contributed by atoms with Crippen LogP contribution in [0.3, 0.4) is 0 Å². The van der Waals surface area contributed by atoms with E-state index in [1.165, 1.54) is 0 Å². The number of hydrogen-bond donors (Lipinski definition) is 0. The van der Waals surface area contributed by atoms with Crippen LogP contribution in [0.5, 0.6) is 0 Å². The first-order valence-corrected chi connectivity index (χ1v) is 23.8. The average molecular weight is 571 g/mol. The van der Waals surface area contributed by atoms with E-state index in [-0.39, 0.29) is 0 Å². The van der Waals surface area contributed by atoms with Gasteiger partial charge in [0.15, 0.2) is 0 Å². The summed E-state index contributed by atoms with van der Waals surface area (Å²) in [5.41, 5.74) is 9.66. The molecule has 0 amide bonds. The van der Waals surface area contributed by atoms with Crippen LogP contribution < -0.4 is 0 Å². The van der Waals surface area contributed by atoms with Gasteiger partial charge in [-0.1, -0.05) is 95.2 Å². The minimum atomic E-state index is -2.96. The molecule has 1 rings (SSSR count). The Kier molecular flexibility index (Phi) is 13.5. The Hall–Kier alpha value is -0.416. The minimum Gasteiger partial charge on any atom is -0.409 e. The van der Waals surface area contributed by atoms with Gasteiger partial charge < -0.3 is 20.6 Å². The molecule has 0 aromatic rings. The molecule has 0 aromatic heterocycles. The molecular formula is C25H50O5Si5. The Bertz CT molecular complexity index is 580. The molecule has 0 aromatic carbocycles. The molecular weight excluding hydrogens is 521 g/mol. The molecule has 0 atom stereocenters. The van der Waals surface area contributed by atoms with Gasteiger partial charge in [0.05, 0.1) is 0 Å². The van der Waals surface area contributed by atoms with Gasteiger partial charge in [-0.2, -0.15) is 0 Å². The van der Waals surface area contributed by atoms with E-state index in [9.17, 15) is 0 Å². The smallest absolute Gasteiger partial charge is 0.347 e. The monoisotopic (exact) mass is 570 g/mol. The first-order valence-electron chi connectivity index (χ1n) is 13.3. The van der Waals surface area contributed by atoms with Crippen LogP contribution in [0.25, 0.3) is 0 Å². The van der Waals surface area contributed by atoms with Crippen molar-refractivity contribution in [1.29, 1.82) is 0 Å². The van der Waals surface area contributed by atoms with Gasteiger partial charge in [-0.3, -0.25) is 0 Å². The summed E-state index contributed by atoms with van der Waals surface area (Å²) in [6, 6.07) is 3.87. The van der Waals surface area contributed by atoms with Gasteiger partial charge in [-0.05, 0) is 30.2 Å². The van der Waals surface area contributed by atoms with E-state index in [0.717, 1.165) is 62.3 Å². The highest BCUT2D eigenvalue weighted by atomic mass is 28.5. The number of rotatable bonds is 15. The molecule has 0 bridgehead atoms. The van der Waals surface area contributed by atoms with Crippen molar-refractivity contribution in [2.45, 2.75) is 96.9 Å². The second kappa shape index (κ2) is 14.5. The quantitative estimate of drug-likeness (QED) is 0.187. The molecule has 1 heterocycles. The van der Waals surface area contributed by atoms with Crippen molar-refractivity contribution in [1.82, 2.24) is 0 Å². The lowest BCUT2D eigenvalue weighted by molar-refractivity contribution is 0.234. The van der Waals surface area contributed by atoms with Gasteiger partial charge in [-0.15, -0.1) is 32.9 Å². The molecule has 0 radical (unpaired) electrons. The van der Waals surface area contributed by atoms with E-state index in [0.29, 0.717) is 0 Å². The maximum atomic E-state index is 7.15. The highest BCUT2D eigenvalue weighted by molar-refractivity contribution is 6.99. The Labute approximate surface area is 221 Å². The lowest BCUT2D eigenvalue weighted by atomic mass is 10.6. The van der Waals surface area contributed by atoms with Crippen LogP contribution in [0, 0.1) is 0 Å². The largest absolute Gasteiger partial charge is 0.409 e. The third-order valence-electron chi connectivity index (χ3n) is 6.27. The summed E-state index contributed by atoms with van der Waals surface area (Å²) in [7, 11) is -14.8. The van der Waals surface area contributed by atoms with Crippen LogP contribution in [-0.4, -0.2) is 42.8 Å². The van der Waals surface area contributed by atoms with E-state index < -0.39 is 42.8 Å². The Balaban J connectivity index is 4.05. The van der Waals surface area contributed by atoms with Gasteiger partial charge in [0, 0.05) is 0 Å². The molecule has 0 saturated carbocycles. The highest BCUT2D eigenvalue weighted by Crippen LogP contribution is 2.40. The van der Waals surface area contributed by atoms with Gasteiger partial charge in [0.1, 0.15) is 0 Å². The molecule has 1 aliphatic heterocycles. The molecule has 1 aliphatic rings. The van der Waals surface area contributed by atoms with Crippen LogP contribution in [0.15, 0.2) is 61.4 Å². The summed E-state index contributed by atoms with van der Waals surface area (Å²) >= 11 is 0. The van der Waals surface area contributed by atoms with Crippen molar-refractivity contribution in [2.24, 2.45) is 0 Å². The van der Waals surface area contributed by atoms with Crippen LogP contribution in [0.2, 0.25) is 30.2 Å². The third-order valence-corrected chi connectivity index (χ3v) is 29.2. The van der Waals surface area contributed by atoms with Crippen LogP contribution >= 0.6 is 0 Å². The standard InChI is InChI=1S/C25H50O5Si5/c1-11-21-31(16-6)26-32(17-7,22-12-2)28-34(19-9,24-14-4)30-35(20-10,25-15-5)29-33(18-8,27-31)23-13-3/h16-20H,6-15,21-25H2,1-5H3. The van der Waals surface area contributed by atoms with Crippen molar-refractivity contribution in [2.75, 3.05) is 0 Å². The molecule has 1 fully saturated rings. The molecule has 0 spiro atoms. The lowest BCUT2D eigenvalue weighted by Gasteiger charge is -2.50. The second-order valence-electron chi connectivity index (χ2n) is 9.34. The minimum absolute atomic E-state index is 0.773. The fourth-order valence-electron chi connectivity index (χ4n) is 4.75. The highest BCUT2D eigenvalue weighted by Gasteiger charge is 2.59. The van der Waals surface area contributed by atoms with Crippen LogP contribution in [0.1, 0.15) is 66.7 Å². The maximum Gasteiger partial charge on any atom is 0.347 e. The fourth-order valence-corrected chi connectivity index (χ4v) is 31.1. The average Bonchev–Trinajstić information content (AvgIpc) is 2.84. The molecule has 35 heavy (non-hydrogen) atoms. The van der Waals surface area contributed by atoms with Gasteiger partial charge in [0.25, 0.3) is 0 Å². The van der Waals surface area contributed by atoms with Crippen molar-refractivity contribution in [3.05, 3.63) is 61.4 Å². The molecule has 1 saturated heterocycles. The van der Waals surface area contributed by atoms with Gasteiger partial charge in [-0.25, -0.2) is 0 Å². The summed E-state index contributed by atoms with van der Waals surface area (Å²) < 4.78 is 35.8. The molecule has 0 N–H and O–H groups in total.